The molecule has 3 rings (SSSR count). The van der Waals surface area contributed by atoms with Crippen molar-refractivity contribution < 1.29 is 9.59 Å². The first-order chi connectivity index (χ1) is 11.2. The molecule has 0 aromatic heterocycles. The van der Waals surface area contributed by atoms with E-state index in [4.69, 9.17) is 0 Å². The highest BCUT2D eigenvalue weighted by atomic mass is 16.2. The minimum absolute atomic E-state index is 0.120. The molecule has 5 nitrogen and oxygen atoms in total. The van der Waals surface area contributed by atoms with E-state index in [1.54, 1.807) is 0 Å². The topological polar surface area (TPSA) is 70.2 Å². The number of nitrogens with one attached hydrogen (secondary N) is 3. The highest BCUT2D eigenvalue weighted by Crippen LogP contribution is 2.27. The van der Waals surface area contributed by atoms with Crippen molar-refractivity contribution in [1.82, 2.24) is 10.6 Å². The molecule has 0 atom stereocenters. The summed E-state index contributed by atoms with van der Waals surface area (Å²) in [6, 6.07) is 6.04. The molecule has 1 aromatic rings. The van der Waals surface area contributed by atoms with E-state index >= 15 is 0 Å². The van der Waals surface area contributed by atoms with E-state index in [-0.39, 0.29) is 24.5 Å². The van der Waals surface area contributed by atoms with Crippen molar-refractivity contribution in [3.63, 3.8) is 0 Å². The van der Waals surface area contributed by atoms with Crippen molar-refractivity contribution >= 4 is 17.6 Å². The van der Waals surface area contributed by atoms with Gasteiger partial charge < -0.3 is 10.6 Å². The predicted molar refractivity (Wildman–Crippen MR) is 90.5 cm³/mol. The molecule has 23 heavy (non-hydrogen) atoms. The van der Waals surface area contributed by atoms with E-state index in [1.807, 2.05) is 12.1 Å². The van der Waals surface area contributed by atoms with Gasteiger partial charge in [-0.2, -0.15) is 0 Å². The average Bonchev–Trinajstić information content (AvgIpc) is 3.05. The van der Waals surface area contributed by atoms with Gasteiger partial charge in [-0.1, -0.05) is 25.0 Å². The molecular formula is C18H25N3O2. The van der Waals surface area contributed by atoms with Crippen LogP contribution in [0.2, 0.25) is 0 Å². The average molecular weight is 315 g/mol. The van der Waals surface area contributed by atoms with Crippen LogP contribution in [0.5, 0.6) is 0 Å². The molecule has 0 spiro atoms. The minimum atomic E-state index is -0.376. The Morgan fingerprint density at radius 3 is 2.65 bits per heavy atom. The van der Waals surface area contributed by atoms with Crippen LogP contribution in [-0.4, -0.2) is 24.5 Å². The van der Waals surface area contributed by atoms with Crippen molar-refractivity contribution in [1.29, 1.82) is 0 Å². The van der Waals surface area contributed by atoms with Gasteiger partial charge in [0.2, 0.25) is 5.91 Å². The van der Waals surface area contributed by atoms with Crippen LogP contribution >= 0.6 is 0 Å². The van der Waals surface area contributed by atoms with Gasteiger partial charge in [0.05, 0.1) is 6.54 Å². The molecule has 0 aliphatic heterocycles. The maximum absolute atomic E-state index is 11.9. The number of carbonyl (C=O) groups excluding carboxylic acids is 2. The number of rotatable bonds is 4. The van der Waals surface area contributed by atoms with Crippen LogP contribution in [-0.2, 0) is 17.6 Å². The fraction of sp³-hybridized carbons (Fsp3) is 0.556. The summed E-state index contributed by atoms with van der Waals surface area (Å²) >= 11 is 0. The second kappa shape index (κ2) is 7.49. The number of urea groups is 1. The number of aryl methyl sites for hydroxylation is 1. The molecule has 3 N–H and O–H groups in total. The van der Waals surface area contributed by atoms with Crippen LogP contribution in [0.1, 0.15) is 49.7 Å². The Labute approximate surface area is 137 Å². The van der Waals surface area contributed by atoms with Crippen molar-refractivity contribution in [2.45, 2.75) is 57.4 Å². The van der Waals surface area contributed by atoms with Gasteiger partial charge >= 0.3 is 6.03 Å². The van der Waals surface area contributed by atoms with E-state index in [1.165, 1.54) is 24.0 Å². The minimum Gasteiger partial charge on any atom is -0.376 e. The van der Waals surface area contributed by atoms with Crippen LogP contribution in [0.3, 0.4) is 0 Å². The van der Waals surface area contributed by atoms with Crippen molar-refractivity contribution in [2.75, 3.05) is 11.9 Å². The molecule has 0 saturated heterocycles. The Bertz CT molecular complexity index is 580. The molecule has 1 fully saturated rings. The van der Waals surface area contributed by atoms with E-state index in [2.05, 4.69) is 22.0 Å². The van der Waals surface area contributed by atoms with E-state index in [0.29, 0.717) is 0 Å². The quantitative estimate of drug-likeness (QED) is 0.800. The number of carbonyl (C=O) groups is 2. The standard InChI is InChI=1S/C18H25N3O2/c22-17(21-18(23)20-14-8-2-3-9-14)12-19-16-11-5-7-13-6-1-4-10-15(13)16/h5,7,11,14,19H,1-4,6,8-10,12H2,(H2,20,21,22,23). The Balaban J connectivity index is 1.48. The fourth-order valence-electron chi connectivity index (χ4n) is 3.58. The second-order valence-corrected chi connectivity index (χ2v) is 6.51. The molecule has 2 aliphatic rings. The molecular weight excluding hydrogens is 290 g/mol. The van der Waals surface area contributed by atoms with Crippen molar-refractivity contribution in [3.05, 3.63) is 29.3 Å². The lowest BCUT2D eigenvalue weighted by Gasteiger charge is -2.20. The monoisotopic (exact) mass is 315 g/mol. The zero-order valence-electron chi connectivity index (χ0n) is 13.5. The van der Waals surface area contributed by atoms with Crippen LogP contribution < -0.4 is 16.0 Å². The first-order valence-corrected chi connectivity index (χ1v) is 8.67. The summed E-state index contributed by atoms with van der Waals surface area (Å²) in [6.45, 7) is 0.120. The molecule has 2 aliphatic carbocycles. The number of anilines is 1. The first kappa shape index (κ1) is 15.8. The highest BCUT2D eigenvalue weighted by molar-refractivity contribution is 5.96. The Kier molecular flexibility index (Phi) is 5.16. The highest BCUT2D eigenvalue weighted by Gasteiger charge is 2.18. The number of hydrogen-bond acceptors (Lipinski definition) is 3. The molecule has 3 amide bonds. The summed E-state index contributed by atoms with van der Waals surface area (Å²) in [6.07, 6.45) is 8.92. The summed E-state index contributed by atoms with van der Waals surface area (Å²) in [5, 5.41) is 8.44. The maximum atomic E-state index is 11.9. The van der Waals surface area contributed by atoms with Crippen molar-refractivity contribution in [3.8, 4) is 0 Å². The second-order valence-electron chi connectivity index (χ2n) is 6.51. The summed E-state index contributed by atoms with van der Waals surface area (Å²) in [5.41, 5.74) is 3.72. The van der Waals surface area contributed by atoms with Gasteiger partial charge in [0.1, 0.15) is 0 Å². The molecule has 0 bridgehead atoms. The summed E-state index contributed by atoms with van der Waals surface area (Å²) < 4.78 is 0. The van der Waals surface area contributed by atoms with Crippen LogP contribution in [0.4, 0.5) is 10.5 Å². The maximum Gasteiger partial charge on any atom is 0.321 e. The largest absolute Gasteiger partial charge is 0.376 e. The zero-order chi connectivity index (χ0) is 16.1. The number of hydrogen-bond donors (Lipinski definition) is 3. The van der Waals surface area contributed by atoms with Crippen LogP contribution in [0, 0.1) is 0 Å². The van der Waals surface area contributed by atoms with E-state index in [0.717, 1.165) is 44.2 Å². The van der Waals surface area contributed by atoms with Gasteiger partial charge in [-0.05, 0) is 55.7 Å². The number of benzene rings is 1. The van der Waals surface area contributed by atoms with E-state index in [9.17, 15) is 9.59 Å². The van der Waals surface area contributed by atoms with Crippen LogP contribution in [0.25, 0.3) is 0 Å². The fourth-order valence-corrected chi connectivity index (χ4v) is 3.58. The third-order valence-electron chi connectivity index (χ3n) is 4.78. The lowest BCUT2D eigenvalue weighted by atomic mass is 9.90. The van der Waals surface area contributed by atoms with Gasteiger partial charge in [-0.25, -0.2) is 4.79 Å². The van der Waals surface area contributed by atoms with Crippen LogP contribution in [0.15, 0.2) is 18.2 Å². The lowest BCUT2D eigenvalue weighted by molar-refractivity contribution is -0.118. The Morgan fingerprint density at radius 1 is 1.04 bits per heavy atom. The SMILES string of the molecule is O=C(CNc1cccc2c1CCCC2)NC(=O)NC1CCCC1. The predicted octanol–water partition coefficient (Wildman–Crippen LogP) is 2.75. The van der Waals surface area contributed by atoms with E-state index < -0.39 is 0 Å². The van der Waals surface area contributed by atoms with Gasteiger partial charge in [-0.3, -0.25) is 10.1 Å². The molecule has 5 heteroatoms. The van der Waals surface area contributed by atoms with Gasteiger partial charge in [0, 0.05) is 11.7 Å². The number of imide groups is 1. The zero-order valence-corrected chi connectivity index (χ0v) is 13.5. The Morgan fingerprint density at radius 2 is 1.83 bits per heavy atom. The van der Waals surface area contributed by atoms with Gasteiger partial charge in [0.15, 0.2) is 0 Å². The molecule has 124 valence electrons. The molecule has 0 heterocycles. The van der Waals surface area contributed by atoms with Gasteiger partial charge in [-0.15, -0.1) is 0 Å². The summed E-state index contributed by atoms with van der Waals surface area (Å²) in [7, 11) is 0. The molecule has 1 saturated carbocycles. The summed E-state index contributed by atoms with van der Waals surface area (Å²) in [4.78, 5) is 23.7. The van der Waals surface area contributed by atoms with Gasteiger partial charge in [0.25, 0.3) is 0 Å². The number of fused-ring (bicyclic) bond motifs is 1. The molecule has 1 aromatic carbocycles. The number of amides is 3. The lowest BCUT2D eigenvalue weighted by Crippen LogP contribution is -2.45. The first-order valence-electron chi connectivity index (χ1n) is 8.67. The summed E-state index contributed by atoms with van der Waals surface area (Å²) in [5.74, 6) is -0.297. The molecule has 0 radical (unpaired) electrons. The third-order valence-corrected chi connectivity index (χ3v) is 4.78. The molecule has 0 unspecified atom stereocenters. The third kappa shape index (κ3) is 4.24. The van der Waals surface area contributed by atoms with Crippen molar-refractivity contribution in [2.24, 2.45) is 0 Å². The smallest absolute Gasteiger partial charge is 0.321 e. The Hall–Kier alpha value is -2.04. The normalized spacial score (nSPS) is 17.4.